The van der Waals surface area contributed by atoms with Gasteiger partial charge in [-0.15, -0.1) is 0 Å². The predicted octanol–water partition coefficient (Wildman–Crippen LogP) is 2.96. The Kier molecular flexibility index (Phi) is 3.18. The van der Waals surface area contributed by atoms with E-state index in [2.05, 4.69) is 43.2 Å². The van der Waals surface area contributed by atoms with Crippen LogP contribution in [0.4, 0.5) is 5.69 Å². The smallest absolute Gasteiger partial charge is 0.0946 e. The van der Waals surface area contributed by atoms with Gasteiger partial charge in [0.05, 0.1) is 18.6 Å². The molecular weight excluding hydrogens is 210 g/mol. The summed E-state index contributed by atoms with van der Waals surface area (Å²) in [5.74, 6) is 0. The third-order valence-electron chi connectivity index (χ3n) is 3.04. The van der Waals surface area contributed by atoms with E-state index >= 15 is 0 Å². The van der Waals surface area contributed by atoms with Gasteiger partial charge in [0.15, 0.2) is 0 Å². The van der Waals surface area contributed by atoms with Gasteiger partial charge in [-0.1, -0.05) is 17.7 Å². The Morgan fingerprint density at radius 2 is 1.82 bits per heavy atom. The maximum absolute atomic E-state index is 4.12. The lowest BCUT2D eigenvalue weighted by molar-refractivity contribution is 0.836. The molecule has 0 spiro atoms. The van der Waals surface area contributed by atoms with Crippen molar-refractivity contribution in [2.75, 3.05) is 5.32 Å². The van der Waals surface area contributed by atoms with Gasteiger partial charge in [-0.05, 0) is 31.9 Å². The second-order valence-corrected chi connectivity index (χ2v) is 4.62. The number of imidazole rings is 1. The molecular formula is C14H19N3. The second kappa shape index (κ2) is 4.62. The average molecular weight is 229 g/mol. The highest BCUT2D eigenvalue weighted by Gasteiger charge is 2.04. The van der Waals surface area contributed by atoms with Crippen molar-refractivity contribution in [1.29, 1.82) is 0 Å². The minimum absolute atomic E-state index is 0.807. The number of aromatic nitrogens is 2. The third kappa shape index (κ3) is 2.49. The first-order valence-electron chi connectivity index (χ1n) is 5.85. The average Bonchev–Trinajstić information content (AvgIpc) is 2.62. The van der Waals surface area contributed by atoms with Gasteiger partial charge in [0.2, 0.25) is 0 Å². The van der Waals surface area contributed by atoms with Crippen LogP contribution in [0.1, 0.15) is 22.4 Å². The predicted molar refractivity (Wildman–Crippen MR) is 71.2 cm³/mol. The van der Waals surface area contributed by atoms with Gasteiger partial charge in [0.1, 0.15) is 0 Å². The molecule has 1 aromatic heterocycles. The topological polar surface area (TPSA) is 29.9 Å². The number of hydrogen-bond acceptors (Lipinski definition) is 2. The first-order valence-corrected chi connectivity index (χ1v) is 5.85. The molecule has 0 saturated carbocycles. The molecule has 1 heterocycles. The Labute approximate surface area is 103 Å². The Hall–Kier alpha value is -1.77. The van der Waals surface area contributed by atoms with Crippen LogP contribution in [-0.2, 0) is 13.6 Å². The van der Waals surface area contributed by atoms with Crippen LogP contribution in [0.2, 0.25) is 0 Å². The van der Waals surface area contributed by atoms with Crippen LogP contribution in [0.25, 0.3) is 0 Å². The molecule has 3 nitrogen and oxygen atoms in total. The summed E-state index contributed by atoms with van der Waals surface area (Å²) < 4.78 is 2.03. The standard InChI is InChI=1S/C14H19N3/c1-10-5-11(2)14(12(3)6-10)16-8-13-7-15-9-17(13)4/h5-7,9,16H,8H2,1-4H3. The highest BCUT2D eigenvalue weighted by Crippen LogP contribution is 2.22. The summed E-state index contributed by atoms with van der Waals surface area (Å²) in [6.45, 7) is 7.23. The molecule has 2 aromatic rings. The summed E-state index contributed by atoms with van der Waals surface area (Å²) in [7, 11) is 2.01. The Morgan fingerprint density at radius 1 is 1.18 bits per heavy atom. The molecule has 0 aliphatic heterocycles. The summed E-state index contributed by atoms with van der Waals surface area (Å²) in [6.07, 6.45) is 3.72. The van der Waals surface area contributed by atoms with Crippen molar-refractivity contribution >= 4 is 5.69 Å². The van der Waals surface area contributed by atoms with Crippen molar-refractivity contribution < 1.29 is 0 Å². The zero-order chi connectivity index (χ0) is 12.4. The van der Waals surface area contributed by atoms with E-state index in [1.54, 1.807) is 0 Å². The van der Waals surface area contributed by atoms with E-state index in [9.17, 15) is 0 Å². The molecule has 0 fully saturated rings. The van der Waals surface area contributed by atoms with Crippen LogP contribution in [0, 0.1) is 20.8 Å². The summed E-state index contributed by atoms with van der Waals surface area (Å²) in [5.41, 5.74) is 6.32. The van der Waals surface area contributed by atoms with Crippen molar-refractivity contribution in [2.45, 2.75) is 27.3 Å². The highest BCUT2D eigenvalue weighted by molar-refractivity contribution is 5.58. The molecule has 1 aromatic carbocycles. The molecule has 0 unspecified atom stereocenters. The van der Waals surface area contributed by atoms with E-state index in [1.807, 2.05) is 24.1 Å². The molecule has 0 aliphatic carbocycles. The molecule has 3 heteroatoms. The zero-order valence-corrected chi connectivity index (χ0v) is 10.9. The van der Waals surface area contributed by atoms with E-state index in [1.165, 1.54) is 28.1 Å². The Morgan fingerprint density at radius 3 is 2.35 bits per heavy atom. The maximum atomic E-state index is 4.12. The molecule has 0 bridgehead atoms. The van der Waals surface area contributed by atoms with Crippen LogP contribution in [-0.4, -0.2) is 9.55 Å². The second-order valence-electron chi connectivity index (χ2n) is 4.62. The van der Waals surface area contributed by atoms with Crippen molar-refractivity contribution in [3.63, 3.8) is 0 Å². The van der Waals surface area contributed by atoms with Gasteiger partial charge in [0, 0.05) is 18.9 Å². The number of hydrogen-bond donors (Lipinski definition) is 1. The number of rotatable bonds is 3. The molecule has 0 atom stereocenters. The number of nitrogens with zero attached hydrogens (tertiary/aromatic N) is 2. The van der Waals surface area contributed by atoms with Crippen LogP contribution >= 0.6 is 0 Å². The van der Waals surface area contributed by atoms with Crippen LogP contribution < -0.4 is 5.32 Å². The van der Waals surface area contributed by atoms with Gasteiger partial charge >= 0.3 is 0 Å². The first-order chi connectivity index (χ1) is 8.08. The molecule has 1 N–H and O–H groups in total. The number of anilines is 1. The van der Waals surface area contributed by atoms with Gasteiger partial charge in [-0.3, -0.25) is 0 Å². The molecule has 2 rings (SSSR count). The van der Waals surface area contributed by atoms with Crippen molar-refractivity contribution in [2.24, 2.45) is 7.05 Å². The normalized spacial score (nSPS) is 10.6. The maximum Gasteiger partial charge on any atom is 0.0946 e. The van der Waals surface area contributed by atoms with E-state index in [4.69, 9.17) is 0 Å². The van der Waals surface area contributed by atoms with Crippen LogP contribution in [0.3, 0.4) is 0 Å². The molecule has 0 aliphatic rings. The SMILES string of the molecule is Cc1cc(C)c(NCc2cncn2C)c(C)c1. The molecule has 0 radical (unpaired) electrons. The molecule has 0 saturated heterocycles. The first kappa shape index (κ1) is 11.7. The fourth-order valence-corrected chi connectivity index (χ4v) is 2.19. The monoisotopic (exact) mass is 229 g/mol. The minimum atomic E-state index is 0.807. The van der Waals surface area contributed by atoms with Crippen molar-refractivity contribution in [3.8, 4) is 0 Å². The van der Waals surface area contributed by atoms with Gasteiger partial charge < -0.3 is 9.88 Å². The number of nitrogens with one attached hydrogen (secondary N) is 1. The fourth-order valence-electron chi connectivity index (χ4n) is 2.19. The zero-order valence-electron chi connectivity index (χ0n) is 10.9. The summed E-state index contributed by atoms with van der Waals surface area (Å²) in [4.78, 5) is 4.12. The van der Waals surface area contributed by atoms with E-state index in [0.717, 1.165) is 6.54 Å². The summed E-state index contributed by atoms with van der Waals surface area (Å²) in [6, 6.07) is 4.41. The largest absolute Gasteiger partial charge is 0.379 e. The van der Waals surface area contributed by atoms with Crippen LogP contribution in [0.15, 0.2) is 24.7 Å². The lowest BCUT2D eigenvalue weighted by atomic mass is 10.1. The summed E-state index contributed by atoms with van der Waals surface area (Å²) in [5, 5.41) is 3.49. The van der Waals surface area contributed by atoms with Gasteiger partial charge in [-0.25, -0.2) is 4.98 Å². The Balaban J connectivity index is 2.17. The lowest BCUT2D eigenvalue weighted by Crippen LogP contribution is -2.06. The van der Waals surface area contributed by atoms with Crippen LogP contribution in [0.5, 0.6) is 0 Å². The number of benzene rings is 1. The summed E-state index contributed by atoms with van der Waals surface area (Å²) >= 11 is 0. The number of aryl methyl sites for hydroxylation is 4. The Bertz CT molecular complexity index is 503. The molecule has 0 amide bonds. The van der Waals surface area contributed by atoms with Crippen molar-refractivity contribution in [1.82, 2.24) is 9.55 Å². The van der Waals surface area contributed by atoms with Gasteiger partial charge in [0.25, 0.3) is 0 Å². The molecule has 17 heavy (non-hydrogen) atoms. The fraction of sp³-hybridized carbons (Fsp3) is 0.357. The molecule has 90 valence electrons. The van der Waals surface area contributed by atoms with Crippen molar-refractivity contribution in [3.05, 3.63) is 47.0 Å². The third-order valence-corrected chi connectivity index (χ3v) is 3.04. The lowest BCUT2D eigenvalue weighted by Gasteiger charge is -2.14. The highest BCUT2D eigenvalue weighted by atomic mass is 15.0. The minimum Gasteiger partial charge on any atom is -0.379 e. The van der Waals surface area contributed by atoms with E-state index in [0.29, 0.717) is 0 Å². The van der Waals surface area contributed by atoms with Gasteiger partial charge in [-0.2, -0.15) is 0 Å². The quantitative estimate of drug-likeness (QED) is 0.877. The van der Waals surface area contributed by atoms with E-state index in [-0.39, 0.29) is 0 Å². The van der Waals surface area contributed by atoms with E-state index < -0.39 is 0 Å².